The SMILES string of the molecule is CN1CCN(C2=c3ncc4c(=O)n(-c5ccccc5)[nH]c4c3=CC3(F)CC23)CC1. The molecule has 2 aromatic heterocycles. The van der Waals surface area contributed by atoms with Crippen LogP contribution >= 0.6 is 0 Å². The summed E-state index contributed by atoms with van der Waals surface area (Å²) in [6.07, 6.45) is 3.83. The lowest BCUT2D eigenvalue weighted by Gasteiger charge is -2.36. The molecule has 3 aromatic rings. The lowest BCUT2D eigenvalue weighted by atomic mass is 10.0. The second-order valence-electron chi connectivity index (χ2n) is 8.40. The van der Waals surface area contributed by atoms with Crippen molar-refractivity contribution in [3.05, 3.63) is 57.5 Å². The molecule has 2 atom stereocenters. The fraction of sp³-hybridized carbons (Fsp3) is 0.364. The molecule has 6 nitrogen and oxygen atoms in total. The first-order valence-corrected chi connectivity index (χ1v) is 10.1. The minimum atomic E-state index is -1.33. The third kappa shape index (κ3) is 2.43. The van der Waals surface area contributed by atoms with E-state index in [1.54, 1.807) is 12.3 Å². The fourth-order valence-corrected chi connectivity index (χ4v) is 4.76. The van der Waals surface area contributed by atoms with Gasteiger partial charge in [0.05, 0.1) is 21.9 Å². The van der Waals surface area contributed by atoms with E-state index in [4.69, 9.17) is 0 Å². The van der Waals surface area contributed by atoms with Crippen LogP contribution in [0.2, 0.25) is 0 Å². The number of pyridine rings is 1. The van der Waals surface area contributed by atoms with E-state index in [0.29, 0.717) is 17.3 Å². The maximum Gasteiger partial charge on any atom is 0.280 e. The first-order valence-electron chi connectivity index (χ1n) is 10.1. The first-order chi connectivity index (χ1) is 14.0. The van der Waals surface area contributed by atoms with Crippen molar-refractivity contribution in [2.75, 3.05) is 33.2 Å². The number of piperazine rings is 1. The maximum atomic E-state index is 15.4. The summed E-state index contributed by atoms with van der Waals surface area (Å²) in [6.45, 7) is 3.66. The van der Waals surface area contributed by atoms with E-state index in [1.807, 2.05) is 30.3 Å². The Bertz CT molecular complexity index is 1300. The molecule has 1 N–H and O–H groups in total. The number of benzene rings is 1. The number of aromatic nitrogens is 3. The molecule has 3 aliphatic rings. The molecule has 7 heteroatoms. The van der Waals surface area contributed by atoms with E-state index in [-0.39, 0.29) is 11.5 Å². The Kier molecular flexibility index (Phi) is 3.39. The molecule has 0 spiro atoms. The highest BCUT2D eigenvalue weighted by Crippen LogP contribution is 2.55. The molecule has 2 fully saturated rings. The summed E-state index contributed by atoms with van der Waals surface area (Å²) < 4.78 is 16.9. The van der Waals surface area contributed by atoms with Gasteiger partial charge in [-0.25, -0.2) is 9.07 Å². The fourth-order valence-electron chi connectivity index (χ4n) is 4.76. The predicted octanol–water partition coefficient (Wildman–Crippen LogP) is 0.592. The number of para-hydroxylation sites is 1. The molecule has 6 rings (SSSR count). The molecule has 1 saturated heterocycles. The van der Waals surface area contributed by atoms with E-state index in [2.05, 4.69) is 26.9 Å². The summed E-state index contributed by atoms with van der Waals surface area (Å²) in [5, 5.41) is 5.25. The van der Waals surface area contributed by atoms with Gasteiger partial charge in [0.25, 0.3) is 5.56 Å². The van der Waals surface area contributed by atoms with E-state index < -0.39 is 5.67 Å². The molecule has 0 amide bonds. The number of halogens is 1. The number of fused-ring (bicyclic) bond motifs is 4. The number of H-pyrrole nitrogens is 1. The van der Waals surface area contributed by atoms with Crippen molar-refractivity contribution >= 4 is 22.7 Å². The molecular formula is C22H22FN5O. The van der Waals surface area contributed by atoms with E-state index in [0.717, 1.165) is 48.1 Å². The predicted molar refractivity (Wildman–Crippen MR) is 110 cm³/mol. The van der Waals surface area contributed by atoms with Crippen LogP contribution < -0.4 is 16.1 Å². The van der Waals surface area contributed by atoms with Gasteiger partial charge in [-0.15, -0.1) is 0 Å². The number of aromatic amines is 1. The largest absolute Gasteiger partial charge is 0.370 e. The molecule has 0 radical (unpaired) electrons. The topological polar surface area (TPSA) is 57.2 Å². The van der Waals surface area contributed by atoms with Gasteiger partial charge in [-0.1, -0.05) is 18.2 Å². The standard InChI is InChI=1S/C22H22FN5O/c1-26-7-9-27(10-8-26)20-17-12-22(17,23)11-15-18-16(13-24-19(15)20)21(29)28(25-18)14-5-3-2-4-6-14/h2-6,11,13,17,25H,7-10,12H2,1H3. The van der Waals surface area contributed by atoms with Gasteiger partial charge in [0.15, 0.2) is 0 Å². The van der Waals surface area contributed by atoms with Crippen LogP contribution in [0.25, 0.3) is 28.4 Å². The lowest BCUT2D eigenvalue weighted by Crippen LogP contribution is -2.49. The van der Waals surface area contributed by atoms with Crippen LogP contribution in [0.4, 0.5) is 4.39 Å². The van der Waals surface area contributed by atoms with Crippen molar-refractivity contribution < 1.29 is 4.39 Å². The summed E-state index contributed by atoms with van der Waals surface area (Å²) in [5.74, 6) is -0.119. The zero-order chi connectivity index (χ0) is 19.8. The van der Waals surface area contributed by atoms with Crippen LogP contribution in [0.15, 0.2) is 41.3 Å². The van der Waals surface area contributed by atoms with Crippen molar-refractivity contribution in [2.24, 2.45) is 5.92 Å². The Labute approximate surface area is 166 Å². The van der Waals surface area contributed by atoms with E-state index in [1.165, 1.54) is 4.68 Å². The second kappa shape index (κ2) is 5.79. The zero-order valence-corrected chi connectivity index (χ0v) is 16.2. The molecule has 0 bridgehead atoms. The first kappa shape index (κ1) is 17.0. The Balaban J connectivity index is 1.61. The van der Waals surface area contributed by atoms with Crippen molar-refractivity contribution in [3.8, 4) is 5.69 Å². The smallest absolute Gasteiger partial charge is 0.280 e. The van der Waals surface area contributed by atoms with Crippen molar-refractivity contribution in [2.45, 2.75) is 12.1 Å². The highest BCUT2D eigenvalue weighted by molar-refractivity contribution is 5.81. The number of nitrogens with one attached hydrogen (secondary N) is 1. The van der Waals surface area contributed by atoms with Gasteiger partial charge >= 0.3 is 0 Å². The third-order valence-corrected chi connectivity index (χ3v) is 6.53. The molecule has 148 valence electrons. The van der Waals surface area contributed by atoms with Gasteiger partial charge in [0, 0.05) is 49.2 Å². The summed E-state index contributed by atoms with van der Waals surface area (Å²) in [6, 6.07) is 9.42. The third-order valence-electron chi connectivity index (χ3n) is 6.53. The average molecular weight is 391 g/mol. The summed E-state index contributed by atoms with van der Waals surface area (Å²) in [4.78, 5) is 22.2. The highest BCUT2D eigenvalue weighted by Gasteiger charge is 2.58. The van der Waals surface area contributed by atoms with Gasteiger partial charge in [-0.2, -0.15) is 0 Å². The molecule has 2 unspecified atom stereocenters. The maximum absolute atomic E-state index is 15.4. The normalized spacial score (nSPS) is 26.2. The Hall–Kier alpha value is -2.93. The van der Waals surface area contributed by atoms with Gasteiger partial charge in [-0.05, 0) is 31.7 Å². The van der Waals surface area contributed by atoms with Crippen molar-refractivity contribution in [1.29, 1.82) is 0 Å². The second-order valence-corrected chi connectivity index (χ2v) is 8.40. The lowest BCUT2D eigenvalue weighted by molar-refractivity contribution is 0.198. The number of alkyl halides is 1. The number of rotatable bonds is 2. The van der Waals surface area contributed by atoms with Gasteiger partial charge in [0.2, 0.25) is 0 Å². The van der Waals surface area contributed by atoms with Crippen molar-refractivity contribution in [3.63, 3.8) is 0 Å². The van der Waals surface area contributed by atoms with Crippen LogP contribution in [0.3, 0.4) is 0 Å². The van der Waals surface area contributed by atoms with Crippen LogP contribution in [-0.4, -0.2) is 63.5 Å². The molecule has 3 heterocycles. The number of hydrogen-bond donors (Lipinski definition) is 1. The average Bonchev–Trinajstić information content (AvgIpc) is 3.30. The quantitative estimate of drug-likeness (QED) is 0.695. The molecule has 29 heavy (non-hydrogen) atoms. The van der Waals surface area contributed by atoms with Gasteiger partial charge < -0.3 is 9.80 Å². The van der Waals surface area contributed by atoms with Crippen LogP contribution in [0.1, 0.15) is 6.42 Å². The molecular weight excluding hydrogens is 369 g/mol. The minimum absolute atomic E-state index is 0.119. The monoisotopic (exact) mass is 391 g/mol. The van der Waals surface area contributed by atoms with E-state index >= 15 is 4.39 Å². The number of hydrogen-bond acceptors (Lipinski definition) is 4. The zero-order valence-electron chi connectivity index (χ0n) is 16.2. The highest BCUT2D eigenvalue weighted by atomic mass is 19.1. The van der Waals surface area contributed by atoms with Crippen LogP contribution in [0.5, 0.6) is 0 Å². The Morgan fingerprint density at radius 1 is 1.17 bits per heavy atom. The van der Waals surface area contributed by atoms with Gasteiger partial charge in [-0.3, -0.25) is 14.9 Å². The number of likely N-dealkylation sites (N-methyl/N-ethyl adjacent to an activating group) is 1. The molecule has 2 aliphatic carbocycles. The summed E-state index contributed by atoms with van der Waals surface area (Å²) in [5.41, 5.74) is 0.932. The van der Waals surface area contributed by atoms with Crippen LogP contribution in [0, 0.1) is 5.92 Å². The minimum Gasteiger partial charge on any atom is -0.370 e. The molecule has 1 aromatic carbocycles. The van der Waals surface area contributed by atoms with E-state index in [9.17, 15) is 4.79 Å². The molecule has 1 aliphatic heterocycles. The van der Waals surface area contributed by atoms with Gasteiger partial charge in [0.1, 0.15) is 5.67 Å². The van der Waals surface area contributed by atoms with Crippen molar-refractivity contribution in [1.82, 2.24) is 24.6 Å². The van der Waals surface area contributed by atoms with Crippen LogP contribution in [-0.2, 0) is 0 Å². The molecule has 1 saturated carbocycles. The number of nitrogens with zero attached hydrogens (tertiary/aromatic N) is 4. The summed E-state index contributed by atoms with van der Waals surface area (Å²) >= 11 is 0. The summed E-state index contributed by atoms with van der Waals surface area (Å²) in [7, 11) is 2.11. The Morgan fingerprint density at radius 3 is 2.69 bits per heavy atom. The Morgan fingerprint density at radius 2 is 1.93 bits per heavy atom.